The lowest BCUT2D eigenvalue weighted by molar-refractivity contribution is -0.671. The molecule has 90 valence electrons. The first-order chi connectivity index (χ1) is 7.12. The third-order valence-electron chi connectivity index (χ3n) is 3.07. The van der Waals surface area contributed by atoms with Crippen LogP contribution in [-0.2, 0) is 7.05 Å². The molecule has 0 saturated heterocycles. The zero-order chi connectivity index (χ0) is 12.6. The molecule has 0 aliphatic rings. The Bertz CT molecular complexity index is 330. The Morgan fingerprint density at radius 3 is 1.56 bits per heavy atom. The largest absolute Gasteiger partial charge is 0.208 e. The number of aromatic nitrogens is 1. The van der Waals surface area contributed by atoms with Gasteiger partial charge in [0.25, 0.3) is 0 Å². The molecule has 1 aromatic rings. The van der Waals surface area contributed by atoms with Crippen LogP contribution in [0.5, 0.6) is 0 Å². The van der Waals surface area contributed by atoms with Gasteiger partial charge in [-0.25, -0.2) is 4.57 Å². The van der Waals surface area contributed by atoms with Gasteiger partial charge in [0.1, 0.15) is 7.05 Å². The summed E-state index contributed by atoms with van der Waals surface area (Å²) in [4.78, 5) is 0. The molecule has 0 fully saturated rings. The molecule has 0 bridgehead atoms. The normalized spacial score (nSPS) is 13.2. The fraction of sp³-hybridized carbons (Fsp3) is 0.615. The third-order valence-corrected chi connectivity index (χ3v) is 12.4. The van der Waals surface area contributed by atoms with E-state index in [2.05, 4.69) is 75.4 Å². The van der Waals surface area contributed by atoms with Gasteiger partial charge in [-0.15, -0.1) is 0 Å². The predicted molar refractivity (Wildman–Crippen MR) is 77.1 cm³/mol. The van der Waals surface area contributed by atoms with Crippen molar-refractivity contribution in [3.63, 3.8) is 0 Å². The van der Waals surface area contributed by atoms with Gasteiger partial charge in [-0.05, 0) is 10.7 Å². The van der Waals surface area contributed by atoms with Crippen molar-refractivity contribution in [1.82, 2.24) is 0 Å². The Labute approximate surface area is 103 Å². The zero-order valence-electron chi connectivity index (χ0n) is 11.8. The molecule has 1 heterocycles. The van der Waals surface area contributed by atoms with Crippen LogP contribution < -0.4 is 4.57 Å². The number of hydrogen-bond donors (Lipinski definition) is 0. The molecule has 1 aromatic heterocycles. The predicted octanol–water partition coefficient (Wildman–Crippen LogP) is 3.35. The van der Waals surface area contributed by atoms with Crippen LogP contribution in [-0.4, -0.2) is 16.1 Å². The van der Waals surface area contributed by atoms with E-state index in [1.54, 1.807) is 5.56 Å². The first-order valence-corrected chi connectivity index (χ1v) is 13.2. The molecule has 0 N–H and O–H groups in total. The minimum Gasteiger partial charge on any atom is -0.208 e. The number of nitrogens with zero attached hydrogens (tertiary/aromatic N) is 1. The summed E-state index contributed by atoms with van der Waals surface area (Å²) >= 11 is 0. The van der Waals surface area contributed by atoms with Crippen molar-refractivity contribution in [3.05, 3.63) is 30.1 Å². The van der Waals surface area contributed by atoms with Crippen LogP contribution in [0.2, 0.25) is 39.3 Å². The number of aryl methyl sites for hydroxylation is 1. The number of hydrogen-bond acceptors (Lipinski definition) is 0. The third kappa shape index (κ3) is 3.29. The second kappa shape index (κ2) is 4.45. The SMILES string of the molecule is C[n+]1ccc(C([Si](C)(C)C)[Si](C)(C)C)cc1. The number of pyridine rings is 1. The standard InChI is InChI=1S/C13H26NSi2/c1-14-10-8-12(9-11-14)13(15(2,3)4)16(5,6)7/h8-11,13H,1-7H3/q+1. The molecule has 0 aromatic carbocycles. The van der Waals surface area contributed by atoms with Gasteiger partial charge in [-0.2, -0.15) is 0 Å². The van der Waals surface area contributed by atoms with Crippen LogP contribution in [0.4, 0.5) is 0 Å². The summed E-state index contributed by atoms with van der Waals surface area (Å²) < 4.78 is 2.12. The maximum atomic E-state index is 2.50. The highest BCUT2D eigenvalue weighted by Crippen LogP contribution is 2.35. The van der Waals surface area contributed by atoms with E-state index in [9.17, 15) is 0 Å². The van der Waals surface area contributed by atoms with Crippen molar-refractivity contribution < 1.29 is 4.57 Å². The first-order valence-electron chi connectivity index (χ1n) is 6.07. The van der Waals surface area contributed by atoms with Crippen molar-refractivity contribution in [2.24, 2.45) is 7.05 Å². The molecule has 0 atom stereocenters. The molecule has 0 amide bonds. The van der Waals surface area contributed by atoms with Gasteiger partial charge in [0.05, 0.1) is 0 Å². The highest BCUT2D eigenvalue weighted by atomic mass is 28.4. The fourth-order valence-electron chi connectivity index (χ4n) is 3.00. The minimum atomic E-state index is -1.13. The molecule has 0 spiro atoms. The topological polar surface area (TPSA) is 3.88 Å². The summed E-state index contributed by atoms with van der Waals surface area (Å²) in [5, 5.41) is 0.848. The van der Waals surface area contributed by atoms with Crippen LogP contribution in [0.3, 0.4) is 0 Å². The Kier molecular flexibility index (Phi) is 3.80. The summed E-state index contributed by atoms with van der Waals surface area (Å²) in [6, 6.07) is 4.64. The minimum absolute atomic E-state index is 0.848. The van der Waals surface area contributed by atoms with Gasteiger partial charge in [0, 0.05) is 28.3 Å². The molecule has 3 heteroatoms. The summed E-state index contributed by atoms with van der Waals surface area (Å²) in [5.41, 5.74) is 1.57. The number of rotatable bonds is 3. The first kappa shape index (κ1) is 13.6. The van der Waals surface area contributed by atoms with Crippen molar-refractivity contribution in [2.45, 2.75) is 44.4 Å². The van der Waals surface area contributed by atoms with Gasteiger partial charge in [0.2, 0.25) is 0 Å². The summed E-state index contributed by atoms with van der Waals surface area (Å²) in [6.07, 6.45) is 4.37. The van der Waals surface area contributed by atoms with Gasteiger partial charge < -0.3 is 0 Å². The molecule has 0 saturated carbocycles. The Balaban J connectivity index is 3.18. The smallest absolute Gasteiger partial charge is 0.168 e. The van der Waals surface area contributed by atoms with Crippen LogP contribution in [0.1, 0.15) is 10.7 Å². The Morgan fingerprint density at radius 1 is 0.875 bits per heavy atom. The Morgan fingerprint density at radius 2 is 1.25 bits per heavy atom. The molecule has 1 rings (SSSR count). The van der Waals surface area contributed by atoms with E-state index in [0.717, 1.165) is 5.16 Å². The highest BCUT2D eigenvalue weighted by molar-refractivity contribution is 6.96. The van der Waals surface area contributed by atoms with E-state index in [1.165, 1.54) is 0 Å². The van der Waals surface area contributed by atoms with Crippen LogP contribution >= 0.6 is 0 Å². The van der Waals surface area contributed by atoms with E-state index in [4.69, 9.17) is 0 Å². The second-order valence-electron chi connectivity index (χ2n) is 6.96. The molecule has 0 unspecified atom stereocenters. The quantitative estimate of drug-likeness (QED) is 0.574. The fourth-order valence-corrected chi connectivity index (χ4v) is 15.8. The average molecular weight is 253 g/mol. The molecular weight excluding hydrogens is 226 g/mol. The van der Waals surface area contributed by atoms with E-state index in [-0.39, 0.29) is 0 Å². The molecule has 0 aliphatic heterocycles. The summed E-state index contributed by atoms with van der Waals surface area (Å²) in [5.74, 6) is 0. The lowest BCUT2D eigenvalue weighted by Crippen LogP contribution is -2.46. The molecule has 16 heavy (non-hydrogen) atoms. The van der Waals surface area contributed by atoms with Crippen molar-refractivity contribution in [2.75, 3.05) is 0 Å². The zero-order valence-corrected chi connectivity index (χ0v) is 13.8. The van der Waals surface area contributed by atoms with Gasteiger partial charge in [-0.1, -0.05) is 39.3 Å². The highest BCUT2D eigenvalue weighted by Gasteiger charge is 2.38. The monoisotopic (exact) mass is 252 g/mol. The van der Waals surface area contributed by atoms with E-state index >= 15 is 0 Å². The summed E-state index contributed by atoms with van der Waals surface area (Å²) in [6.45, 7) is 15.0. The van der Waals surface area contributed by atoms with E-state index < -0.39 is 16.1 Å². The lowest BCUT2D eigenvalue weighted by atomic mass is 10.3. The second-order valence-corrected chi connectivity index (χ2v) is 18.2. The maximum absolute atomic E-state index is 2.50. The molecule has 1 nitrogen and oxygen atoms in total. The van der Waals surface area contributed by atoms with Crippen molar-refractivity contribution in [1.29, 1.82) is 0 Å². The van der Waals surface area contributed by atoms with Crippen LogP contribution in [0.15, 0.2) is 24.5 Å². The van der Waals surface area contributed by atoms with Crippen LogP contribution in [0.25, 0.3) is 0 Å². The van der Waals surface area contributed by atoms with Crippen molar-refractivity contribution in [3.8, 4) is 0 Å². The van der Waals surface area contributed by atoms with Crippen molar-refractivity contribution >= 4 is 16.1 Å². The Hall–Kier alpha value is -0.416. The molecular formula is C13H26NSi2+. The maximum Gasteiger partial charge on any atom is 0.168 e. The van der Waals surface area contributed by atoms with E-state index in [1.807, 2.05) is 0 Å². The molecule has 0 aliphatic carbocycles. The summed E-state index contributed by atoms with van der Waals surface area (Å²) in [7, 11) is -0.170. The lowest BCUT2D eigenvalue weighted by Gasteiger charge is -2.38. The average Bonchev–Trinajstić information content (AvgIpc) is 2.03. The van der Waals surface area contributed by atoms with Crippen LogP contribution in [0, 0.1) is 0 Å². The van der Waals surface area contributed by atoms with Gasteiger partial charge >= 0.3 is 0 Å². The van der Waals surface area contributed by atoms with E-state index in [0.29, 0.717) is 0 Å². The van der Waals surface area contributed by atoms with Gasteiger partial charge in [0.15, 0.2) is 12.4 Å². The van der Waals surface area contributed by atoms with Gasteiger partial charge in [-0.3, -0.25) is 0 Å². The molecule has 0 radical (unpaired) electrons.